The quantitative estimate of drug-likeness (QED) is 0.126. The topological polar surface area (TPSA) is 101 Å². The second kappa shape index (κ2) is 12.3. The molecule has 4 atom stereocenters. The zero-order valence-corrected chi connectivity index (χ0v) is 32.4. The maximum absolute atomic E-state index is 15.1. The van der Waals surface area contributed by atoms with Gasteiger partial charge in [0, 0.05) is 0 Å². The van der Waals surface area contributed by atoms with Crippen molar-refractivity contribution >= 4 is 32.7 Å². The van der Waals surface area contributed by atoms with Crippen LogP contribution in [0.15, 0.2) is 66.7 Å². The van der Waals surface area contributed by atoms with Gasteiger partial charge in [0.15, 0.2) is 0 Å². The number of carbonyl (C=O) groups excluding carboxylic acids is 2. The molecule has 6 fully saturated rings. The average molecular weight is 832 g/mol. The molecule has 2 bridgehead atoms. The van der Waals surface area contributed by atoms with Gasteiger partial charge in [0.05, 0.1) is 5.25 Å². The van der Waals surface area contributed by atoms with Crippen molar-refractivity contribution in [1.82, 2.24) is 17.3 Å². The van der Waals surface area contributed by atoms with E-state index in [0.717, 1.165) is 66.7 Å². The SMILES string of the molecule is COc1ccc2c(c1)C1CC1(C(=O)N1C3CC1[I-]N(Cc1ccccc1)C3)Cn1c-2c(C2CCCCC2)c2ccc(C(=O)NS(=O)(=O)C3CC3)cc21. The number of aromatic nitrogens is 1. The van der Waals surface area contributed by atoms with Crippen molar-refractivity contribution in [3.8, 4) is 17.0 Å². The molecule has 272 valence electrons. The van der Waals surface area contributed by atoms with Gasteiger partial charge in [-0.25, -0.2) is 8.42 Å². The Morgan fingerprint density at radius 3 is 2.52 bits per heavy atom. The van der Waals surface area contributed by atoms with E-state index in [1.165, 1.54) is 36.0 Å². The van der Waals surface area contributed by atoms with Crippen LogP contribution < -0.4 is 30.9 Å². The number of rotatable bonds is 8. The van der Waals surface area contributed by atoms with Crippen molar-refractivity contribution < 1.29 is 44.2 Å². The van der Waals surface area contributed by atoms with Crippen LogP contribution in [0.25, 0.3) is 22.2 Å². The van der Waals surface area contributed by atoms with E-state index in [4.69, 9.17) is 4.74 Å². The number of methoxy groups -OCH3 is 1. The molecule has 2 amide bonds. The minimum atomic E-state index is -3.70. The molecule has 4 unspecified atom stereocenters. The fourth-order valence-electron chi connectivity index (χ4n) is 9.72. The zero-order valence-electron chi connectivity index (χ0n) is 29.4. The van der Waals surface area contributed by atoms with Crippen LogP contribution in [-0.2, 0) is 27.9 Å². The number of hydrogen-bond acceptors (Lipinski definition) is 6. The summed E-state index contributed by atoms with van der Waals surface area (Å²) in [5, 5.41) is 0.623. The van der Waals surface area contributed by atoms with Crippen molar-refractivity contribution in [1.29, 1.82) is 0 Å². The number of nitrogens with zero attached hydrogens (tertiary/aromatic N) is 3. The number of ether oxygens (including phenoxy) is 1. The number of hydrogen-bond donors (Lipinski definition) is 1. The first-order valence-electron chi connectivity index (χ1n) is 18.9. The average Bonchev–Trinajstić information content (AvgIpc) is 4.09. The van der Waals surface area contributed by atoms with E-state index in [0.29, 0.717) is 34.9 Å². The van der Waals surface area contributed by atoms with Gasteiger partial charge in [0.2, 0.25) is 0 Å². The molecule has 7 aliphatic rings. The third-order valence-electron chi connectivity index (χ3n) is 12.7. The molecule has 1 N–H and O–H groups in total. The Labute approximate surface area is 315 Å². The number of halogens is 1. The van der Waals surface area contributed by atoms with Crippen LogP contribution in [0.3, 0.4) is 0 Å². The maximum atomic E-state index is 15.1. The van der Waals surface area contributed by atoms with Crippen LogP contribution in [0.1, 0.15) is 96.7 Å². The molecule has 3 saturated carbocycles. The van der Waals surface area contributed by atoms with E-state index in [2.05, 4.69) is 59.8 Å². The van der Waals surface area contributed by atoms with Gasteiger partial charge in [-0.15, -0.1) is 0 Å². The summed E-state index contributed by atoms with van der Waals surface area (Å²) in [6.45, 7) is 2.42. The molecular weight excluding hydrogens is 787 g/mol. The Kier molecular flexibility index (Phi) is 7.85. The monoisotopic (exact) mass is 831 g/mol. The minimum absolute atomic E-state index is 0.0781. The van der Waals surface area contributed by atoms with E-state index in [-0.39, 0.29) is 39.3 Å². The standard InChI is InChI=1S/C41H44IN4O5S/c1-51-29-13-17-31-33(20-29)34-21-41(34,40(48)46-28-19-36(46)42-44(23-28)22-25-8-4-2-5-9-25)24-45-35-18-27(39(47)43-52(49,50)30-14-15-30)12-16-32(35)37(38(31)45)26-10-6-3-7-11-26/h2,4-5,8-9,12-13,16-18,20,26,28,30,34,36H,3,6-7,10-11,14-15,19,21-24H2,1H3,(H,43,47)/q-1. The molecule has 3 aliphatic carbocycles. The van der Waals surface area contributed by atoms with Crippen molar-refractivity contribution in [3.63, 3.8) is 0 Å². The fourth-order valence-corrected chi connectivity index (χ4v) is 15.0. The summed E-state index contributed by atoms with van der Waals surface area (Å²) in [4.78, 5) is 30.9. The van der Waals surface area contributed by atoms with Crippen molar-refractivity contribution in [2.24, 2.45) is 5.41 Å². The summed E-state index contributed by atoms with van der Waals surface area (Å²) in [6.07, 6.45) is 8.87. The van der Waals surface area contributed by atoms with Crippen LogP contribution in [-0.4, -0.2) is 61.8 Å². The Hall–Kier alpha value is -3.42. The van der Waals surface area contributed by atoms with Crippen molar-refractivity contribution in [2.45, 2.75) is 98.1 Å². The van der Waals surface area contributed by atoms with E-state index in [1.807, 2.05) is 18.2 Å². The predicted molar refractivity (Wildman–Crippen MR) is 195 cm³/mol. The molecule has 4 aromatic rings. The van der Waals surface area contributed by atoms with E-state index >= 15 is 4.79 Å². The molecule has 0 radical (unpaired) electrons. The number of carbonyl (C=O) groups is 2. The van der Waals surface area contributed by atoms with Gasteiger partial charge in [-0.3, -0.25) is 0 Å². The Bertz CT molecular complexity index is 2220. The first-order chi connectivity index (χ1) is 25.2. The first-order valence-corrected chi connectivity index (χ1v) is 22.7. The summed E-state index contributed by atoms with van der Waals surface area (Å²) in [7, 11) is -1.99. The first kappa shape index (κ1) is 33.2. The third kappa shape index (κ3) is 5.34. The second-order valence-electron chi connectivity index (χ2n) is 15.9. The molecular formula is C41H44IN4O5S-. The molecule has 4 aliphatic heterocycles. The van der Waals surface area contributed by atoms with Crippen LogP contribution in [0.4, 0.5) is 0 Å². The number of benzene rings is 3. The fraction of sp³-hybridized carbons (Fsp3) is 0.463. The van der Waals surface area contributed by atoms with Crippen LogP contribution in [0.2, 0.25) is 0 Å². The van der Waals surface area contributed by atoms with Crippen LogP contribution in [0, 0.1) is 5.41 Å². The summed E-state index contributed by atoms with van der Waals surface area (Å²) in [5.74, 6) is 0.942. The Morgan fingerprint density at radius 2 is 1.79 bits per heavy atom. The molecule has 3 saturated heterocycles. The van der Waals surface area contributed by atoms with Gasteiger partial charge < -0.3 is 0 Å². The number of sulfonamides is 1. The van der Waals surface area contributed by atoms with Gasteiger partial charge in [0.1, 0.15) is 0 Å². The van der Waals surface area contributed by atoms with E-state index < -0.39 is 26.6 Å². The van der Waals surface area contributed by atoms with E-state index in [9.17, 15) is 13.2 Å². The summed E-state index contributed by atoms with van der Waals surface area (Å²) >= 11 is -0.336. The van der Waals surface area contributed by atoms with Crippen molar-refractivity contribution in [2.75, 3.05) is 13.7 Å². The second-order valence-corrected chi connectivity index (χ2v) is 21.2. The third-order valence-corrected chi connectivity index (χ3v) is 17.8. The molecule has 11 heteroatoms. The summed E-state index contributed by atoms with van der Waals surface area (Å²) < 4.78 is 39.0. The molecule has 9 nitrogen and oxygen atoms in total. The summed E-state index contributed by atoms with van der Waals surface area (Å²) in [6, 6.07) is 23.0. The Morgan fingerprint density at radius 1 is 0.981 bits per heavy atom. The van der Waals surface area contributed by atoms with Crippen molar-refractivity contribution in [3.05, 3.63) is 89.0 Å². The number of amides is 2. The molecule has 5 heterocycles. The van der Waals surface area contributed by atoms with Gasteiger partial charge in [-0.1, -0.05) is 0 Å². The van der Waals surface area contributed by atoms with Gasteiger partial charge in [-0.05, 0) is 12.8 Å². The number of fused-ring (bicyclic) bond motifs is 9. The normalized spacial score (nSPS) is 26.9. The van der Waals surface area contributed by atoms with E-state index in [1.54, 1.807) is 13.2 Å². The summed E-state index contributed by atoms with van der Waals surface area (Å²) in [5.41, 5.74) is 6.80. The number of alkyl halides is 1. The molecule has 0 spiro atoms. The molecule has 11 rings (SSSR count). The van der Waals surface area contributed by atoms with Crippen LogP contribution >= 0.6 is 0 Å². The molecule has 1 aromatic heterocycles. The van der Waals surface area contributed by atoms with Gasteiger partial charge in [0.25, 0.3) is 0 Å². The molecule has 52 heavy (non-hydrogen) atoms. The predicted octanol–water partition coefficient (Wildman–Crippen LogP) is 3.52. The number of nitrogens with one attached hydrogen (secondary N) is 1. The molecule has 3 aromatic carbocycles. The van der Waals surface area contributed by atoms with Gasteiger partial charge in [-0.2, -0.15) is 0 Å². The van der Waals surface area contributed by atoms with Crippen LogP contribution in [0.5, 0.6) is 5.75 Å². The van der Waals surface area contributed by atoms with Gasteiger partial charge >= 0.3 is 291 Å². The zero-order chi connectivity index (χ0) is 35.4. The Balaban J connectivity index is 1.07.